The third-order valence-electron chi connectivity index (χ3n) is 4.13. The van der Waals surface area contributed by atoms with Crippen LogP contribution in [0.25, 0.3) is 10.6 Å². The fourth-order valence-electron chi connectivity index (χ4n) is 2.80. The van der Waals surface area contributed by atoms with Gasteiger partial charge in [0.2, 0.25) is 5.13 Å². The number of hydrogen-bond donors (Lipinski definition) is 1. The van der Waals surface area contributed by atoms with Gasteiger partial charge in [0.25, 0.3) is 5.91 Å². The van der Waals surface area contributed by atoms with Crippen molar-refractivity contribution in [3.05, 3.63) is 53.6 Å². The van der Waals surface area contributed by atoms with Crippen molar-refractivity contribution in [2.75, 3.05) is 12.4 Å². The lowest BCUT2D eigenvalue weighted by Crippen LogP contribution is -2.32. The summed E-state index contributed by atoms with van der Waals surface area (Å²) in [6.45, 7) is 5.92. The first-order valence-corrected chi connectivity index (χ1v) is 9.84. The Kier molecular flexibility index (Phi) is 6.26. The van der Waals surface area contributed by atoms with Crippen LogP contribution in [0.4, 0.5) is 5.13 Å². The van der Waals surface area contributed by atoms with E-state index < -0.39 is 6.10 Å². The van der Waals surface area contributed by atoms with E-state index in [2.05, 4.69) is 21.6 Å². The molecule has 0 aliphatic carbocycles. The summed E-state index contributed by atoms with van der Waals surface area (Å²) in [5, 5.41) is 12.2. The van der Waals surface area contributed by atoms with Crippen molar-refractivity contribution in [2.45, 2.75) is 33.3 Å². The SMILES string of the molecule is CC[C@@H](Oc1cc(C)cc(C)c1)C(=O)Nc1nnc(-c2ccc(OC)cc2)s1. The highest BCUT2D eigenvalue weighted by atomic mass is 32.1. The number of anilines is 1. The molecule has 0 saturated carbocycles. The standard InChI is InChI=1S/C21H23N3O3S/c1-5-18(27-17-11-13(2)10-14(3)12-17)19(25)22-21-24-23-20(28-21)15-6-8-16(26-4)9-7-15/h6-12,18H,5H2,1-4H3,(H,22,24,25)/t18-/m1/s1. The van der Waals surface area contributed by atoms with Crippen LogP contribution in [0.15, 0.2) is 42.5 Å². The third kappa shape index (κ3) is 4.86. The number of nitrogens with one attached hydrogen (secondary N) is 1. The van der Waals surface area contributed by atoms with E-state index in [9.17, 15) is 4.79 Å². The van der Waals surface area contributed by atoms with Crippen molar-refractivity contribution < 1.29 is 14.3 Å². The highest BCUT2D eigenvalue weighted by Gasteiger charge is 2.20. The van der Waals surface area contributed by atoms with E-state index in [1.54, 1.807) is 7.11 Å². The predicted molar refractivity (Wildman–Crippen MR) is 111 cm³/mol. The van der Waals surface area contributed by atoms with Crippen LogP contribution in [0.3, 0.4) is 0 Å². The molecule has 0 aliphatic heterocycles. The number of hydrogen-bond acceptors (Lipinski definition) is 6. The lowest BCUT2D eigenvalue weighted by atomic mass is 10.1. The van der Waals surface area contributed by atoms with Crippen LogP contribution >= 0.6 is 11.3 Å². The zero-order valence-corrected chi connectivity index (χ0v) is 17.2. The number of benzene rings is 2. The van der Waals surface area contributed by atoms with Crippen LogP contribution in [0.1, 0.15) is 24.5 Å². The van der Waals surface area contributed by atoms with Gasteiger partial charge in [0, 0.05) is 5.56 Å². The Hall–Kier alpha value is -2.93. The molecule has 28 heavy (non-hydrogen) atoms. The third-order valence-corrected chi connectivity index (χ3v) is 5.02. The molecule has 0 fully saturated rings. The van der Waals surface area contributed by atoms with Gasteiger partial charge in [0.1, 0.15) is 16.5 Å². The minimum absolute atomic E-state index is 0.237. The van der Waals surface area contributed by atoms with Crippen molar-refractivity contribution in [2.24, 2.45) is 0 Å². The fourth-order valence-corrected chi connectivity index (χ4v) is 3.55. The number of aryl methyl sites for hydroxylation is 2. The molecular formula is C21H23N3O3S. The Bertz CT molecular complexity index is 934. The second-order valence-electron chi connectivity index (χ2n) is 6.47. The second-order valence-corrected chi connectivity index (χ2v) is 7.45. The summed E-state index contributed by atoms with van der Waals surface area (Å²) >= 11 is 1.32. The molecule has 1 N–H and O–H groups in total. The first kappa shape index (κ1) is 19.8. The first-order valence-electron chi connectivity index (χ1n) is 9.02. The highest BCUT2D eigenvalue weighted by molar-refractivity contribution is 7.18. The van der Waals surface area contributed by atoms with Gasteiger partial charge in [-0.15, -0.1) is 10.2 Å². The van der Waals surface area contributed by atoms with E-state index in [0.717, 1.165) is 27.4 Å². The van der Waals surface area contributed by atoms with E-state index in [-0.39, 0.29) is 5.91 Å². The van der Waals surface area contributed by atoms with Crippen LogP contribution in [0, 0.1) is 13.8 Å². The number of amides is 1. The van der Waals surface area contributed by atoms with Crippen molar-refractivity contribution in [1.29, 1.82) is 0 Å². The smallest absolute Gasteiger partial charge is 0.267 e. The maximum atomic E-state index is 12.6. The van der Waals surface area contributed by atoms with Gasteiger partial charge < -0.3 is 9.47 Å². The Morgan fingerprint density at radius 1 is 1.07 bits per heavy atom. The zero-order chi connectivity index (χ0) is 20.1. The average molecular weight is 398 g/mol. The number of rotatable bonds is 7. The van der Waals surface area contributed by atoms with Gasteiger partial charge >= 0.3 is 0 Å². The maximum Gasteiger partial charge on any atom is 0.267 e. The molecule has 0 saturated heterocycles. The average Bonchev–Trinajstić information content (AvgIpc) is 3.13. The number of nitrogens with zero attached hydrogens (tertiary/aromatic N) is 2. The molecule has 1 atom stereocenters. The van der Waals surface area contributed by atoms with Gasteiger partial charge in [-0.05, 0) is 67.8 Å². The predicted octanol–water partition coefficient (Wildman–Crippen LogP) is 4.63. The lowest BCUT2D eigenvalue weighted by molar-refractivity contribution is -0.122. The Balaban J connectivity index is 1.68. The summed E-state index contributed by atoms with van der Waals surface area (Å²) in [5.74, 6) is 1.23. The van der Waals surface area contributed by atoms with Crippen molar-refractivity contribution >= 4 is 22.4 Å². The van der Waals surface area contributed by atoms with Crippen LogP contribution in [-0.4, -0.2) is 29.3 Å². The molecule has 1 heterocycles. The molecule has 7 heteroatoms. The van der Waals surface area contributed by atoms with E-state index in [1.165, 1.54) is 11.3 Å². The molecule has 0 radical (unpaired) electrons. The Labute approximate surface area is 168 Å². The van der Waals surface area contributed by atoms with Gasteiger partial charge in [0.05, 0.1) is 7.11 Å². The second kappa shape index (κ2) is 8.84. The van der Waals surface area contributed by atoms with Crippen molar-refractivity contribution in [3.8, 4) is 22.1 Å². The molecule has 0 spiro atoms. The summed E-state index contributed by atoms with van der Waals surface area (Å²) < 4.78 is 11.1. The van der Waals surface area contributed by atoms with Gasteiger partial charge in [-0.1, -0.05) is 24.3 Å². The van der Waals surface area contributed by atoms with Crippen LogP contribution < -0.4 is 14.8 Å². The number of carbonyl (C=O) groups is 1. The largest absolute Gasteiger partial charge is 0.497 e. The number of ether oxygens (including phenoxy) is 2. The number of methoxy groups -OCH3 is 1. The molecule has 0 aliphatic rings. The molecule has 6 nitrogen and oxygen atoms in total. The number of carbonyl (C=O) groups excluding carboxylic acids is 1. The minimum Gasteiger partial charge on any atom is -0.497 e. The normalized spacial score (nSPS) is 11.7. The summed E-state index contributed by atoms with van der Waals surface area (Å²) in [6, 6.07) is 13.5. The van der Waals surface area contributed by atoms with Crippen LogP contribution in [0.2, 0.25) is 0 Å². The van der Waals surface area contributed by atoms with Gasteiger partial charge in [-0.2, -0.15) is 0 Å². The summed E-state index contributed by atoms with van der Waals surface area (Å²) in [6.07, 6.45) is -0.0577. The summed E-state index contributed by atoms with van der Waals surface area (Å²) in [7, 11) is 1.62. The summed E-state index contributed by atoms with van der Waals surface area (Å²) in [4.78, 5) is 12.6. The molecule has 1 aromatic heterocycles. The molecule has 0 bridgehead atoms. The van der Waals surface area contributed by atoms with E-state index in [4.69, 9.17) is 9.47 Å². The van der Waals surface area contributed by atoms with E-state index in [0.29, 0.717) is 17.3 Å². The zero-order valence-electron chi connectivity index (χ0n) is 16.4. The Morgan fingerprint density at radius 2 is 1.75 bits per heavy atom. The van der Waals surface area contributed by atoms with Crippen molar-refractivity contribution in [1.82, 2.24) is 10.2 Å². The molecule has 1 amide bonds. The quantitative estimate of drug-likeness (QED) is 0.629. The molecule has 0 unspecified atom stereocenters. The highest BCUT2D eigenvalue weighted by Crippen LogP contribution is 2.28. The van der Waals surface area contributed by atoms with Crippen molar-refractivity contribution in [3.63, 3.8) is 0 Å². The fraction of sp³-hybridized carbons (Fsp3) is 0.286. The molecule has 146 valence electrons. The lowest BCUT2D eigenvalue weighted by Gasteiger charge is -2.17. The first-order chi connectivity index (χ1) is 13.5. The monoisotopic (exact) mass is 397 g/mol. The molecule has 3 aromatic rings. The molecule has 2 aromatic carbocycles. The molecular weight excluding hydrogens is 374 g/mol. The van der Waals surface area contributed by atoms with Gasteiger partial charge in [0.15, 0.2) is 6.10 Å². The minimum atomic E-state index is -0.602. The van der Waals surface area contributed by atoms with Gasteiger partial charge in [-0.3, -0.25) is 10.1 Å². The maximum absolute atomic E-state index is 12.6. The number of aromatic nitrogens is 2. The summed E-state index contributed by atoms with van der Waals surface area (Å²) in [5.41, 5.74) is 3.11. The Morgan fingerprint density at radius 3 is 2.36 bits per heavy atom. The topological polar surface area (TPSA) is 73.3 Å². The van der Waals surface area contributed by atoms with Crippen LogP contribution in [-0.2, 0) is 4.79 Å². The molecule has 3 rings (SSSR count). The van der Waals surface area contributed by atoms with E-state index in [1.807, 2.05) is 57.2 Å². The van der Waals surface area contributed by atoms with E-state index >= 15 is 0 Å². The van der Waals surface area contributed by atoms with Crippen LogP contribution in [0.5, 0.6) is 11.5 Å². The van der Waals surface area contributed by atoms with Gasteiger partial charge in [-0.25, -0.2) is 0 Å².